The van der Waals surface area contributed by atoms with E-state index in [2.05, 4.69) is 10.3 Å². The summed E-state index contributed by atoms with van der Waals surface area (Å²) in [5.41, 5.74) is 2.29. The van der Waals surface area contributed by atoms with Crippen LogP contribution >= 0.6 is 11.3 Å². The standard InChI is InChI=1S/C28H25F3N2O3S/c29-28(30,31)26-23(17-5-2-1-3-6-17)14-21(37-26)16-36-24-11-9-19(22-7-4-12-32-25(22)24)15-33-20-10-8-18(13-20)27(34)35/h1-7,9,11-12,14,18,20,33H,8,10,13,15-16H2,(H,34,35). The van der Waals surface area contributed by atoms with Crippen LogP contribution in [0.1, 0.15) is 34.6 Å². The molecule has 1 aliphatic rings. The fraction of sp³-hybridized carbons (Fsp3) is 0.286. The lowest BCUT2D eigenvalue weighted by Gasteiger charge is -2.15. The number of fused-ring (bicyclic) bond motifs is 1. The van der Waals surface area contributed by atoms with Crippen LogP contribution in [-0.4, -0.2) is 22.1 Å². The van der Waals surface area contributed by atoms with Crippen molar-refractivity contribution in [1.82, 2.24) is 10.3 Å². The number of carboxylic acid groups (broad SMARTS) is 1. The van der Waals surface area contributed by atoms with Gasteiger partial charge in [-0.25, -0.2) is 0 Å². The smallest absolute Gasteiger partial charge is 0.426 e. The Hall–Kier alpha value is -3.43. The summed E-state index contributed by atoms with van der Waals surface area (Å²) >= 11 is 0.691. The second-order valence-corrected chi connectivity index (χ2v) is 10.3. The number of aliphatic carboxylic acids is 1. The first-order chi connectivity index (χ1) is 17.8. The molecule has 0 bridgehead atoms. The largest absolute Gasteiger partial charge is 0.486 e. The zero-order valence-corrected chi connectivity index (χ0v) is 20.6. The van der Waals surface area contributed by atoms with E-state index in [9.17, 15) is 23.1 Å². The number of ether oxygens (including phenoxy) is 1. The maximum Gasteiger partial charge on any atom is 0.426 e. The maximum absolute atomic E-state index is 13.7. The van der Waals surface area contributed by atoms with Gasteiger partial charge in [0.25, 0.3) is 0 Å². The molecule has 2 aromatic heterocycles. The molecule has 2 atom stereocenters. The Balaban J connectivity index is 1.34. The molecule has 5 nitrogen and oxygen atoms in total. The van der Waals surface area contributed by atoms with Crippen molar-refractivity contribution in [1.29, 1.82) is 0 Å². The first kappa shape index (κ1) is 25.2. The minimum absolute atomic E-state index is 0.0114. The lowest BCUT2D eigenvalue weighted by Crippen LogP contribution is -2.26. The van der Waals surface area contributed by atoms with Gasteiger partial charge in [-0.15, -0.1) is 11.3 Å². The Morgan fingerprint density at radius 1 is 1.11 bits per heavy atom. The van der Waals surface area contributed by atoms with Crippen LogP contribution in [0.5, 0.6) is 5.75 Å². The van der Waals surface area contributed by atoms with E-state index in [-0.39, 0.29) is 24.1 Å². The number of nitrogens with zero attached hydrogens (tertiary/aromatic N) is 1. The highest BCUT2D eigenvalue weighted by molar-refractivity contribution is 7.12. The van der Waals surface area contributed by atoms with E-state index in [4.69, 9.17) is 4.74 Å². The normalized spacial score (nSPS) is 17.8. The molecule has 192 valence electrons. The molecule has 4 aromatic rings. The number of alkyl halides is 3. The second-order valence-electron chi connectivity index (χ2n) is 9.16. The summed E-state index contributed by atoms with van der Waals surface area (Å²) in [6.45, 7) is 0.544. The zero-order valence-electron chi connectivity index (χ0n) is 19.8. The molecule has 2 N–H and O–H groups in total. The van der Waals surface area contributed by atoms with Crippen LogP contribution in [0.15, 0.2) is 66.9 Å². The van der Waals surface area contributed by atoms with Crippen LogP contribution in [0.4, 0.5) is 13.2 Å². The Kier molecular flexibility index (Phi) is 7.17. The van der Waals surface area contributed by atoms with Crippen LogP contribution in [0.2, 0.25) is 0 Å². The van der Waals surface area contributed by atoms with Gasteiger partial charge >= 0.3 is 12.1 Å². The Labute approximate surface area is 215 Å². The van der Waals surface area contributed by atoms with Gasteiger partial charge in [0.2, 0.25) is 0 Å². The van der Waals surface area contributed by atoms with Gasteiger partial charge in [-0.1, -0.05) is 42.5 Å². The summed E-state index contributed by atoms with van der Waals surface area (Å²) in [6, 6.07) is 17.7. The summed E-state index contributed by atoms with van der Waals surface area (Å²) in [6.07, 6.45) is -0.701. The second kappa shape index (κ2) is 10.5. The monoisotopic (exact) mass is 526 g/mol. The van der Waals surface area contributed by atoms with Gasteiger partial charge in [0.1, 0.15) is 22.8 Å². The van der Waals surface area contributed by atoms with E-state index < -0.39 is 17.0 Å². The van der Waals surface area contributed by atoms with Gasteiger partial charge in [0.05, 0.1) is 5.92 Å². The molecule has 0 aliphatic heterocycles. The molecule has 0 amide bonds. The number of carbonyl (C=O) groups is 1. The third kappa shape index (κ3) is 5.62. The number of thiophene rings is 1. The van der Waals surface area contributed by atoms with E-state index in [0.29, 0.717) is 52.4 Å². The predicted molar refractivity (Wildman–Crippen MR) is 136 cm³/mol. The van der Waals surface area contributed by atoms with Crippen molar-refractivity contribution in [3.63, 3.8) is 0 Å². The fourth-order valence-electron chi connectivity index (χ4n) is 4.83. The fourth-order valence-corrected chi connectivity index (χ4v) is 5.79. The van der Waals surface area contributed by atoms with Gasteiger partial charge in [0, 0.05) is 34.6 Å². The predicted octanol–water partition coefficient (Wildman–Crippen LogP) is 6.90. The molecule has 2 unspecified atom stereocenters. The molecule has 2 heterocycles. The van der Waals surface area contributed by atoms with Crippen LogP contribution < -0.4 is 10.1 Å². The van der Waals surface area contributed by atoms with Crippen LogP contribution in [-0.2, 0) is 24.1 Å². The van der Waals surface area contributed by atoms with Crippen LogP contribution in [0.25, 0.3) is 22.0 Å². The van der Waals surface area contributed by atoms with Crippen molar-refractivity contribution >= 4 is 28.2 Å². The Morgan fingerprint density at radius 3 is 2.65 bits per heavy atom. The molecular formula is C28H25F3N2O3S. The van der Waals surface area contributed by atoms with Gasteiger partial charge in [-0.3, -0.25) is 9.78 Å². The molecule has 9 heteroatoms. The average molecular weight is 527 g/mol. The van der Waals surface area contributed by atoms with Crippen LogP contribution in [0, 0.1) is 5.92 Å². The molecular weight excluding hydrogens is 501 g/mol. The van der Waals surface area contributed by atoms with E-state index in [0.717, 1.165) is 17.4 Å². The number of hydrogen-bond acceptors (Lipinski definition) is 5. The summed E-state index contributed by atoms with van der Waals surface area (Å²) in [7, 11) is 0. The topological polar surface area (TPSA) is 71.5 Å². The summed E-state index contributed by atoms with van der Waals surface area (Å²) in [5.74, 6) is -0.553. The molecule has 2 aromatic carbocycles. The quantitative estimate of drug-likeness (QED) is 0.261. The Bertz CT molecular complexity index is 1410. The van der Waals surface area contributed by atoms with Crippen molar-refractivity contribution in [3.05, 3.63) is 82.2 Å². The van der Waals surface area contributed by atoms with Gasteiger partial charge in [-0.2, -0.15) is 13.2 Å². The number of benzene rings is 2. The van der Waals surface area contributed by atoms with E-state index in [1.807, 2.05) is 18.2 Å². The first-order valence-corrected chi connectivity index (χ1v) is 12.8. The number of pyridine rings is 1. The van der Waals surface area contributed by atoms with Gasteiger partial charge in [-0.05, 0) is 48.6 Å². The molecule has 1 aliphatic carbocycles. The average Bonchev–Trinajstić information content (AvgIpc) is 3.55. The summed E-state index contributed by atoms with van der Waals surface area (Å²) in [5, 5.41) is 13.6. The summed E-state index contributed by atoms with van der Waals surface area (Å²) in [4.78, 5) is 15.5. The maximum atomic E-state index is 13.7. The van der Waals surface area contributed by atoms with Crippen molar-refractivity contribution in [2.75, 3.05) is 0 Å². The SMILES string of the molecule is O=C(O)C1CCC(NCc2ccc(OCc3cc(-c4ccccc4)c(C(F)(F)F)s3)c3ncccc23)C1. The number of nitrogens with one attached hydrogen (secondary N) is 1. The minimum atomic E-state index is -4.46. The van der Waals surface area contributed by atoms with Crippen molar-refractivity contribution in [2.45, 2.75) is 44.6 Å². The molecule has 0 radical (unpaired) electrons. The van der Waals surface area contributed by atoms with E-state index in [1.165, 1.54) is 0 Å². The minimum Gasteiger partial charge on any atom is -0.486 e. The molecule has 1 fully saturated rings. The van der Waals surface area contributed by atoms with Crippen LogP contribution in [0.3, 0.4) is 0 Å². The number of aromatic nitrogens is 1. The number of carboxylic acids is 1. The Morgan fingerprint density at radius 2 is 1.92 bits per heavy atom. The van der Waals surface area contributed by atoms with Crippen molar-refractivity contribution in [3.8, 4) is 16.9 Å². The number of hydrogen-bond donors (Lipinski definition) is 2. The number of rotatable bonds is 8. The van der Waals surface area contributed by atoms with Gasteiger partial charge < -0.3 is 15.2 Å². The molecule has 1 saturated carbocycles. The third-order valence-corrected chi connectivity index (χ3v) is 7.83. The molecule has 0 spiro atoms. The third-order valence-electron chi connectivity index (χ3n) is 6.68. The van der Waals surface area contributed by atoms with Gasteiger partial charge in [0.15, 0.2) is 0 Å². The number of halogens is 3. The van der Waals surface area contributed by atoms with Crippen molar-refractivity contribution < 1.29 is 27.8 Å². The molecule has 5 rings (SSSR count). The molecule has 0 saturated heterocycles. The highest BCUT2D eigenvalue weighted by Gasteiger charge is 2.36. The highest BCUT2D eigenvalue weighted by Crippen LogP contribution is 2.43. The van der Waals surface area contributed by atoms with E-state index in [1.54, 1.807) is 48.7 Å². The first-order valence-electron chi connectivity index (χ1n) is 12.0. The lowest BCUT2D eigenvalue weighted by atomic mass is 10.1. The lowest BCUT2D eigenvalue weighted by molar-refractivity contribution is -0.141. The summed E-state index contributed by atoms with van der Waals surface area (Å²) < 4.78 is 47.2. The zero-order chi connectivity index (χ0) is 26.0. The highest BCUT2D eigenvalue weighted by atomic mass is 32.1. The van der Waals surface area contributed by atoms with Crippen molar-refractivity contribution in [2.24, 2.45) is 5.92 Å². The van der Waals surface area contributed by atoms with E-state index >= 15 is 0 Å². The molecule has 37 heavy (non-hydrogen) atoms.